The Labute approximate surface area is 131 Å². The van der Waals surface area contributed by atoms with E-state index in [0.29, 0.717) is 13.0 Å². The van der Waals surface area contributed by atoms with E-state index in [4.69, 9.17) is 0 Å². The second-order valence-electron chi connectivity index (χ2n) is 4.79. The Morgan fingerprint density at radius 3 is 2.77 bits per heavy atom. The van der Waals surface area contributed by atoms with Crippen LogP contribution in [0.15, 0.2) is 54.2 Å². The first-order valence-electron chi connectivity index (χ1n) is 6.89. The van der Waals surface area contributed by atoms with Gasteiger partial charge in [0, 0.05) is 11.3 Å². The van der Waals surface area contributed by atoms with E-state index in [1.807, 2.05) is 47.8 Å². The zero-order valence-corrected chi connectivity index (χ0v) is 12.6. The number of rotatable bonds is 6. The van der Waals surface area contributed by atoms with Crippen LogP contribution >= 0.6 is 11.3 Å². The normalized spacial score (nSPS) is 12.0. The predicted molar refractivity (Wildman–Crippen MR) is 83.2 cm³/mol. The number of benzene rings is 1. The highest BCUT2D eigenvalue weighted by atomic mass is 32.1. The lowest BCUT2D eigenvalue weighted by atomic mass is 10.1. The van der Waals surface area contributed by atoms with E-state index >= 15 is 0 Å². The minimum absolute atomic E-state index is 0.0930. The molecule has 0 fully saturated rings. The SMILES string of the molecule is O=C(NCc1cccs1)[C@H](Cc1ccccc1)n1cnnn1. The number of carbonyl (C=O) groups is 1. The molecular weight excluding hydrogens is 298 g/mol. The molecule has 1 atom stereocenters. The van der Waals surface area contributed by atoms with E-state index in [1.54, 1.807) is 11.3 Å². The fraction of sp³-hybridized carbons (Fsp3) is 0.200. The van der Waals surface area contributed by atoms with E-state index in [-0.39, 0.29) is 5.91 Å². The van der Waals surface area contributed by atoms with Crippen molar-refractivity contribution in [1.82, 2.24) is 25.5 Å². The number of aromatic nitrogens is 4. The maximum absolute atomic E-state index is 12.5. The van der Waals surface area contributed by atoms with Crippen molar-refractivity contribution in [3.8, 4) is 0 Å². The summed E-state index contributed by atoms with van der Waals surface area (Å²) < 4.78 is 1.50. The number of amides is 1. The first-order chi connectivity index (χ1) is 10.8. The van der Waals surface area contributed by atoms with E-state index in [0.717, 1.165) is 10.4 Å². The van der Waals surface area contributed by atoms with Crippen LogP contribution in [0.5, 0.6) is 0 Å². The highest BCUT2D eigenvalue weighted by Crippen LogP contribution is 2.14. The van der Waals surface area contributed by atoms with Crippen LogP contribution in [-0.2, 0) is 17.8 Å². The minimum Gasteiger partial charge on any atom is -0.349 e. The molecule has 0 bridgehead atoms. The molecule has 0 unspecified atom stereocenters. The molecule has 0 aliphatic rings. The summed E-state index contributed by atoms with van der Waals surface area (Å²) in [6, 6.07) is 13.3. The molecule has 0 saturated carbocycles. The second kappa shape index (κ2) is 6.95. The molecule has 0 spiro atoms. The van der Waals surface area contributed by atoms with Gasteiger partial charge in [-0.05, 0) is 27.4 Å². The van der Waals surface area contributed by atoms with Gasteiger partial charge in [-0.3, -0.25) is 4.79 Å². The number of nitrogens with zero attached hydrogens (tertiary/aromatic N) is 4. The van der Waals surface area contributed by atoms with Gasteiger partial charge in [0.05, 0.1) is 6.54 Å². The minimum atomic E-state index is -0.461. The largest absolute Gasteiger partial charge is 0.349 e. The van der Waals surface area contributed by atoms with Gasteiger partial charge in [0.1, 0.15) is 12.4 Å². The molecule has 1 amide bonds. The van der Waals surface area contributed by atoms with Gasteiger partial charge in [0.15, 0.2) is 0 Å². The average Bonchev–Trinajstić information content (AvgIpc) is 3.24. The molecule has 0 aliphatic heterocycles. The van der Waals surface area contributed by atoms with E-state index < -0.39 is 6.04 Å². The number of tetrazole rings is 1. The molecule has 1 N–H and O–H groups in total. The first-order valence-corrected chi connectivity index (χ1v) is 7.77. The quantitative estimate of drug-likeness (QED) is 0.753. The van der Waals surface area contributed by atoms with E-state index in [9.17, 15) is 4.79 Å². The van der Waals surface area contributed by atoms with Crippen molar-refractivity contribution in [2.45, 2.75) is 19.0 Å². The summed E-state index contributed by atoms with van der Waals surface area (Å²) in [5.74, 6) is -0.0930. The summed E-state index contributed by atoms with van der Waals surface area (Å²) in [6.07, 6.45) is 2.01. The van der Waals surface area contributed by atoms with Crippen LogP contribution in [0.4, 0.5) is 0 Å². The molecular formula is C15H15N5OS. The lowest BCUT2D eigenvalue weighted by Crippen LogP contribution is -2.33. The van der Waals surface area contributed by atoms with Gasteiger partial charge < -0.3 is 5.32 Å². The maximum atomic E-state index is 12.5. The van der Waals surface area contributed by atoms with Crippen molar-refractivity contribution in [1.29, 1.82) is 0 Å². The molecule has 2 heterocycles. The molecule has 0 saturated heterocycles. The van der Waals surface area contributed by atoms with Crippen molar-refractivity contribution < 1.29 is 4.79 Å². The lowest BCUT2D eigenvalue weighted by Gasteiger charge is -2.16. The first kappa shape index (κ1) is 14.4. The van der Waals surface area contributed by atoms with Crippen molar-refractivity contribution >= 4 is 17.2 Å². The smallest absolute Gasteiger partial charge is 0.245 e. The Hall–Kier alpha value is -2.54. The molecule has 6 nitrogen and oxygen atoms in total. The molecule has 1 aromatic carbocycles. The van der Waals surface area contributed by atoms with Gasteiger partial charge in [0.2, 0.25) is 5.91 Å². The van der Waals surface area contributed by atoms with Crippen molar-refractivity contribution in [3.05, 3.63) is 64.6 Å². The Kier molecular flexibility index (Phi) is 4.55. The van der Waals surface area contributed by atoms with Crippen LogP contribution in [-0.4, -0.2) is 26.1 Å². The second-order valence-corrected chi connectivity index (χ2v) is 5.82. The highest BCUT2D eigenvalue weighted by Gasteiger charge is 2.22. The van der Waals surface area contributed by atoms with Crippen LogP contribution in [0.25, 0.3) is 0 Å². The number of carbonyl (C=O) groups excluding carboxylic acids is 1. The molecule has 2 aromatic heterocycles. The Balaban J connectivity index is 1.72. The van der Waals surface area contributed by atoms with E-state index in [2.05, 4.69) is 20.8 Å². The molecule has 3 aromatic rings. The van der Waals surface area contributed by atoms with E-state index in [1.165, 1.54) is 11.0 Å². The summed E-state index contributed by atoms with van der Waals surface area (Å²) in [5.41, 5.74) is 1.06. The summed E-state index contributed by atoms with van der Waals surface area (Å²) in [5, 5.41) is 16.1. The van der Waals surface area contributed by atoms with Gasteiger partial charge in [-0.15, -0.1) is 16.4 Å². The number of thiophene rings is 1. The van der Waals surface area contributed by atoms with Gasteiger partial charge >= 0.3 is 0 Å². The highest BCUT2D eigenvalue weighted by molar-refractivity contribution is 7.09. The zero-order valence-electron chi connectivity index (χ0n) is 11.8. The Morgan fingerprint density at radius 1 is 1.23 bits per heavy atom. The van der Waals surface area contributed by atoms with Crippen LogP contribution < -0.4 is 5.32 Å². The van der Waals surface area contributed by atoms with Gasteiger partial charge in [0.25, 0.3) is 0 Å². The van der Waals surface area contributed by atoms with Gasteiger partial charge in [-0.2, -0.15) is 0 Å². The number of nitrogens with one attached hydrogen (secondary N) is 1. The summed E-state index contributed by atoms with van der Waals surface area (Å²) in [4.78, 5) is 13.6. The van der Waals surface area contributed by atoms with Crippen LogP contribution in [0.1, 0.15) is 16.5 Å². The standard InChI is InChI=1S/C15H15N5OS/c21-15(16-10-13-7-4-8-22-13)14(20-11-17-18-19-20)9-12-5-2-1-3-6-12/h1-8,11,14H,9-10H2,(H,16,21)/t14-/m0/s1. The molecule has 7 heteroatoms. The van der Waals surface area contributed by atoms with Gasteiger partial charge in [-0.25, -0.2) is 4.68 Å². The Bertz CT molecular complexity index is 697. The molecule has 22 heavy (non-hydrogen) atoms. The topological polar surface area (TPSA) is 72.7 Å². The summed E-state index contributed by atoms with van der Waals surface area (Å²) >= 11 is 1.62. The fourth-order valence-corrected chi connectivity index (χ4v) is 2.80. The zero-order chi connectivity index (χ0) is 15.2. The summed E-state index contributed by atoms with van der Waals surface area (Å²) in [6.45, 7) is 0.518. The van der Waals surface area contributed by atoms with Crippen LogP contribution in [0.2, 0.25) is 0 Å². The monoisotopic (exact) mass is 313 g/mol. The molecule has 3 rings (SSSR count). The van der Waals surface area contributed by atoms with Crippen molar-refractivity contribution in [2.24, 2.45) is 0 Å². The summed E-state index contributed by atoms with van der Waals surface area (Å²) in [7, 11) is 0. The third-order valence-corrected chi connectivity index (χ3v) is 4.15. The van der Waals surface area contributed by atoms with Crippen molar-refractivity contribution in [2.75, 3.05) is 0 Å². The fourth-order valence-electron chi connectivity index (χ4n) is 2.16. The van der Waals surface area contributed by atoms with Crippen LogP contribution in [0.3, 0.4) is 0 Å². The van der Waals surface area contributed by atoms with Crippen LogP contribution in [0, 0.1) is 0 Å². The lowest BCUT2D eigenvalue weighted by molar-refractivity contribution is -0.124. The van der Waals surface area contributed by atoms with Crippen molar-refractivity contribution in [3.63, 3.8) is 0 Å². The number of hydrogen-bond donors (Lipinski definition) is 1. The Morgan fingerprint density at radius 2 is 2.09 bits per heavy atom. The third-order valence-electron chi connectivity index (χ3n) is 3.28. The molecule has 0 aliphatic carbocycles. The maximum Gasteiger partial charge on any atom is 0.245 e. The predicted octanol–water partition coefficient (Wildman–Crippen LogP) is 1.83. The molecule has 0 radical (unpaired) electrons. The van der Waals surface area contributed by atoms with Gasteiger partial charge in [-0.1, -0.05) is 36.4 Å². The number of hydrogen-bond acceptors (Lipinski definition) is 5. The average molecular weight is 313 g/mol. The third kappa shape index (κ3) is 3.56. The molecule has 112 valence electrons.